The van der Waals surface area contributed by atoms with Crippen molar-refractivity contribution in [3.05, 3.63) is 72.6 Å². The smallest absolute Gasteiger partial charge is 0.165 e. The standard InChI is InChI=1S/C16H15N3S/c1-2-7-14(8-3-1)19-15-9-5-4-6-13(15)12-20-16-17-10-11-18-16/h1-11,19H,12H2,(H,17,18). The molecule has 20 heavy (non-hydrogen) atoms. The van der Waals surface area contributed by atoms with E-state index in [0.29, 0.717) is 0 Å². The van der Waals surface area contributed by atoms with Crippen LogP contribution < -0.4 is 5.32 Å². The van der Waals surface area contributed by atoms with Crippen LogP contribution in [-0.4, -0.2) is 9.97 Å². The Kier molecular flexibility index (Phi) is 4.04. The van der Waals surface area contributed by atoms with Crippen molar-refractivity contribution in [1.82, 2.24) is 9.97 Å². The fourth-order valence-electron chi connectivity index (χ4n) is 1.92. The quantitative estimate of drug-likeness (QED) is 0.679. The van der Waals surface area contributed by atoms with Gasteiger partial charge in [0.25, 0.3) is 0 Å². The van der Waals surface area contributed by atoms with Gasteiger partial charge in [-0.1, -0.05) is 48.2 Å². The number of hydrogen-bond acceptors (Lipinski definition) is 3. The summed E-state index contributed by atoms with van der Waals surface area (Å²) in [5.41, 5.74) is 3.50. The minimum absolute atomic E-state index is 0.878. The molecule has 2 aromatic carbocycles. The molecule has 0 aliphatic heterocycles. The lowest BCUT2D eigenvalue weighted by molar-refractivity contribution is 1.06. The highest BCUT2D eigenvalue weighted by Gasteiger charge is 2.04. The van der Waals surface area contributed by atoms with Crippen LogP contribution in [0, 0.1) is 0 Å². The number of hydrogen-bond donors (Lipinski definition) is 2. The number of anilines is 2. The number of rotatable bonds is 5. The third kappa shape index (κ3) is 3.22. The van der Waals surface area contributed by atoms with Crippen molar-refractivity contribution < 1.29 is 0 Å². The largest absolute Gasteiger partial charge is 0.355 e. The number of H-pyrrole nitrogens is 1. The van der Waals surface area contributed by atoms with Gasteiger partial charge in [0.15, 0.2) is 5.16 Å². The first-order chi connectivity index (χ1) is 9.92. The van der Waals surface area contributed by atoms with Crippen molar-refractivity contribution in [1.29, 1.82) is 0 Å². The average molecular weight is 281 g/mol. The van der Waals surface area contributed by atoms with Crippen molar-refractivity contribution in [2.45, 2.75) is 10.9 Å². The SMILES string of the molecule is c1ccc(Nc2ccccc2CSc2ncc[nH]2)cc1. The third-order valence-electron chi connectivity index (χ3n) is 2.91. The van der Waals surface area contributed by atoms with Gasteiger partial charge in [-0.2, -0.15) is 0 Å². The van der Waals surface area contributed by atoms with E-state index in [1.807, 2.05) is 30.5 Å². The number of para-hydroxylation sites is 2. The molecular weight excluding hydrogens is 266 g/mol. The van der Waals surface area contributed by atoms with E-state index < -0.39 is 0 Å². The molecule has 0 aliphatic rings. The molecule has 0 unspecified atom stereocenters. The molecule has 0 saturated carbocycles. The third-order valence-corrected chi connectivity index (χ3v) is 3.86. The van der Waals surface area contributed by atoms with E-state index in [1.54, 1.807) is 18.0 Å². The fraction of sp³-hybridized carbons (Fsp3) is 0.0625. The first-order valence-corrected chi connectivity index (χ1v) is 7.42. The number of aromatic amines is 1. The molecule has 0 bridgehead atoms. The molecule has 0 saturated heterocycles. The molecular formula is C16H15N3S. The molecule has 4 heteroatoms. The van der Waals surface area contributed by atoms with E-state index in [4.69, 9.17) is 0 Å². The normalized spacial score (nSPS) is 10.4. The second-order valence-electron chi connectivity index (χ2n) is 4.33. The summed E-state index contributed by atoms with van der Waals surface area (Å²) in [5, 5.41) is 4.40. The van der Waals surface area contributed by atoms with Crippen LogP contribution in [0.25, 0.3) is 0 Å². The molecule has 0 atom stereocenters. The molecule has 0 radical (unpaired) electrons. The van der Waals surface area contributed by atoms with Gasteiger partial charge in [-0.15, -0.1) is 0 Å². The molecule has 1 heterocycles. The Labute approximate surface area is 122 Å². The van der Waals surface area contributed by atoms with Crippen LogP contribution in [0.1, 0.15) is 5.56 Å². The van der Waals surface area contributed by atoms with Crippen molar-refractivity contribution in [3.63, 3.8) is 0 Å². The predicted molar refractivity (Wildman–Crippen MR) is 84.3 cm³/mol. The molecule has 2 N–H and O–H groups in total. The van der Waals surface area contributed by atoms with Gasteiger partial charge in [0, 0.05) is 29.5 Å². The highest BCUT2D eigenvalue weighted by Crippen LogP contribution is 2.26. The summed E-state index contributed by atoms with van der Waals surface area (Å²) in [5.74, 6) is 0.878. The van der Waals surface area contributed by atoms with Gasteiger partial charge in [-0.3, -0.25) is 0 Å². The molecule has 3 rings (SSSR count). The van der Waals surface area contributed by atoms with Gasteiger partial charge >= 0.3 is 0 Å². The van der Waals surface area contributed by atoms with Crippen molar-refractivity contribution in [2.75, 3.05) is 5.32 Å². The van der Waals surface area contributed by atoms with Crippen LogP contribution in [0.3, 0.4) is 0 Å². The van der Waals surface area contributed by atoms with Crippen LogP contribution in [-0.2, 0) is 5.75 Å². The van der Waals surface area contributed by atoms with Crippen LogP contribution in [0.15, 0.2) is 72.1 Å². The van der Waals surface area contributed by atoms with Crippen LogP contribution in [0.4, 0.5) is 11.4 Å². The highest BCUT2D eigenvalue weighted by molar-refractivity contribution is 7.98. The van der Waals surface area contributed by atoms with E-state index in [2.05, 4.69) is 45.6 Å². The summed E-state index contributed by atoms with van der Waals surface area (Å²) in [6.45, 7) is 0. The van der Waals surface area contributed by atoms with E-state index in [1.165, 1.54) is 5.56 Å². The summed E-state index contributed by atoms with van der Waals surface area (Å²) in [6, 6.07) is 18.6. The maximum absolute atomic E-state index is 4.23. The highest BCUT2D eigenvalue weighted by atomic mass is 32.2. The molecule has 1 aromatic heterocycles. The van der Waals surface area contributed by atoms with Crippen LogP contribution >= 0.6 is 11.8 Å². The van der Waals surface area contributed by atoms with Crippen LogP contribution in [0.5, 0.6) is 0 Å². The molecule has 0 aliphatic carbocycles. The van der Waals surface area contributed by atoms with Crippen molar-refractivity contribution in [3.8, 4) is 0 Å². The lowest BCUT2D eigenvalue weighted by Gasteiger charge is -2.11. The summed E-state index contributed by atoms with van der Waals surface area (Å²) in [7, 11) is 0. The number of aromatic nitrogens is 2. The number of benzene rings is 2. The van der Waals surface area contributed by atoms with Gasteiger partial charge in [0.1, 0.15) is 0 Å². The zero-order valence-electron chi connectivity index (χ0n) is 10.9. The van der Waals surface area contributed by atoms with E-state index in [9.17, 15) is 0 Å². The number of nitrogens with zero attached hydrogens (tertiary/aromatic N) is 1. The first-order valence-electron chi connectivity index (χ1n) is 6.44. The Bertz CT molecular complexity index is 651. The Morgan fingerprint density at radius 2 is 1.80 bits per heavy atom. The van der Waals surface area contributed by atoms with Gasteiger partial charge < -0.3 is 10.3 Å². The molecule has 3 nitrogen and oxygen atoms in total. The molecule has 0 fully saturated rings. The van der Waals surface area contributed by atoms with Crippen molar-refractivity contribution >= 4 is 23.1 Å². The lowest BCUT2D eigenvalue weighted by atomic mass is 10.2. The molecule has 3 aromatic rings. The molecule has 0 spiro atoms. The Hall–Kier alpha value is -2.20. The van der Waals surface area contributed by atoms with Gasteiger partial charge in [-0.25, -0.2) is 4.98 Å². The van der Waals surface area contributed by atoms with Gasteiger partial charge in [-0.05, 0) is 23.8 Å². The van der Waals surface area contributed by atoms with E-state index in [0.717, 1.165) is 22.3 Å². The number of thioether (sulfide) groups is 1. The summed E-state index contributed by atoms with van der Waals surface area (Å²) in [4.78, 5) is 7.34. The van der Waals surface area contributed by atoms with Crippen molar-refractivity contribution in [2.24, 2.45) is 0 Å². The Morgan fingerprint density at radius 3 is 2.60 bits per heavy atom. The van der Waals surface area contributed by atoms with Crippen LogP contribution in [0.2, 0.25) is 0 Å². The van der Waals surface area contributed by atoms with Gasteiger partial charge in [0.05, 0.1) is 0 Å². The van der Waals surface area contributed by atoms with E-state index in [-0.39, 0.29) is 0 Å². The Morgan fingerprint density at radius 1 is 1.00 bits per heavy atom. The zero-order valence-corrected chi connectivity index (χ0v) is 11.7. The topological polar surface area (TPSA) is 40.7 Å². The summed E-state index contributed by atoms with van der Waals surface area (Å²) >= 11 is 1.70. The number of nitrogens with one attached hydrogen (secondary N) is 2. The first kappa shape index (κ1) is 12.8. The average Bonchev–Trinajstić information content (AvgIpc) is 3.01. The monoisotopic (exact) mass is 281 g/mol. The molecule has 100 valence electrons. The van der Waals surface area contributed by atoms with Gasteiger partial charge in [0.2, 0.25) is 0 Å². The minimum Gasteiger partial charge on any atom is -0.355 e. The fourth-order valence-corrected chi connectivity index (χ4v) is 2.75. The number of imidazole rings is 1. The minimum atomic E-state index is 0.878. The summed E-state index contributed by atoms with van der Waals surface area (Å²) in [6.07, 6.45) is 3.62. The zero-order chi connectivity index (χ0) is 13.6. The maximum atomic E-state index is 4.23. The second kappa shape index (κ2) is 6.30. The van der Waals surface area contributed by atoms with E-state index >= 15 is 0 Å². The lowest BCUT2D eigenvalue weighted by Crippen LogP contribution is -1.94. The molecule has 0 amide bonds. The Balaban J connectivity index is 1.74. The second-order valence-corrected chi connectivity index (χ2v) is 5.30. The summed E-state index contributed by atoms with van der Waals surface area (Å²) < 4.78 is 0. The maximum Gasteiger partial charge on any atom is 0.165 e. The predicted octanol–water partition coefficient (Wildman–Crippen LogP) is 4.45.